The molecule has 0 aliphatic heterocycles. The first-order chi connectivity index (χ1) is 13.3. The summed E-state index contributed by atoms with van der Waals surface area (Å²) < 4.78 is 26.8. The summed E-state index contributed by atoms with van der Waals surface area (Å²) in [7, 11) is -3.72. The molecule has 0 heterocycles. The minimum absolute atomic E-state index is 0.120. The molecule has 2 atom stereocenters. The predicted octanol–water partition coefficient (Wildman–Crippen LogP) is 6.15. The van der Waals surface area contributed by atoms with Gasteiger partial charge in [0.2, 0.25) is 0 Å². The van der Waals surface area contributed by atoms with Gasteiger partial charge in [0.25, 0.3) is 10.0 Å². The van der Waals surface area contributed by atoms with E-state index in [4.69, 9.17) is 0 Å². The smallest absolute Gasteiger partial charge is 0.200 e. The fraction of sp³-hybridized carbons (Fsp3) is 0.708. The number of nitrogens with zero attached hydrogens (tertiary/aromatic N) is 1. The average molecular weight is 419 g/mol. The van der Waals surface area contributed by atoms with Gasteiger partial charge in [-0.25, -0.2) is 4.83 Å². The third-order valence-electron chi connectivity index (χ3n) is 6.71. The van der Waals surface area contributed by atoms with E-state index in [-0.39, 0.29) is 11.8 Å². The lowest BCUT2D eigenvalue weighted by Crippen LogP contribution is -2.35. The first kappa shape index (κ1) is 22.3. The van der Waals surface area contributed by atoms with Crippen molar-refractivity contribution in [1.82, 2.24) is 4.83 Å². The van der Waals surface area contributed by atoms with Crippen LogP contribution in [-0.2, 0) is 10.0 Å². The first-order valence-corrected chi connectivity index (χ1v) is 12.6. The van der Waals surface area contributed by atoms with Gasteiger partial charge >= 0.3 is 0 Å². The summed E-state index contributed by atoms with van der Waals surface area (Å²) in [6, 6.07) is 4.14. The number of hydrogen-bond acceptors (Lipinski definition) is 3. The van der Waals surface area contributed by atoms with Crippen molar-refractivity contribution >= 4 is 15.7 Å². The molecule has 1 aromatic carbocycles. The number of sulfonamides is 1. The summed E-state index contributed by atoms with van der Waals surface area (Å²) in [5, 5.41) is 4.42. The van der Waals surface area contributed by atoms with Gasteiger partial charge in [-0.2, -0.15) is 13.5 Å². The molecule has 0 radical (unpaired) electrons. The van der Waals surface area contributed by atoms with Crippen molar-refractivity contribution < 1.29 is 8.42 Å². The SMILES string of the molecule is CC(C)c1cc(C(C)C)c(S(=O)(=O)N/N=C2\C[C@@H]3CC(C)(C)C[C@H]23)c(C(C)C)c1. The molecular weight excluding hydrogens is 380 g/mol. The zero-order valence-corrected chi connectivity index (χ0v) is 20.2. The van der Waals surface area contributed by atoms with Crippen LogP contribution in [0.3, 0.4) is 0 Å². The third kappa shape index (κ3) is 4.40. The third-order valence-corrected chi connectivity index (χ3v) is 8.05. The van der Waals surface area contributed by atoms with Crippen LogP contribution >= 0.6 is 0 Å². The van der Waals surface area contributed by atoms with E-state index < -0.39 is 10.0 Å². The Morgan fingerprint density at radius 1 is 0.966 bits per heavy atom. The average Bonchev–Trinajstić information content (AvgIpc) is 2.84. The molecule has 0 spiro atoms. The van der Waals surface area contributed by atoms with Crippen molar-refractivity contribution in [2.75, 3.05) is 0 Å². The molecule has 3 rings (SSSR count). The molecule has 1 aromatic rings. The van der Waals surface area contributed by atoms with Gasteiger partial charge in [0.1, 0.15) is 0 Å². The van der Waals surface area contributed by atoms with E-state index in [1.54, 1.807) is 0 Å². The van der Waals surface area contributed by atoms with Crippen molar-refractivity contribution in [1.29, 1.82) is 0 Å². The molecule has 162 valence electrons. The molecule has 0 amide bonds. The Bertz CT molecular complexity index is 882. The normalized spacial score (nSPS) is 25.0. The van der Waals surface area contributed by atoms with Crippen molar-refractivity contribution in [3.8, 4) is 0 Å². The molecule has 0 unspecified atom stereocenters. The molecule has 29 heavy (non-hydrogen) atoms. The van der Waals surface area contributed by atoms with Gasteiger partial charge in [-0.15, -0.1) is 0 Å². The van der Waals surface area contributed by atoms with Gasteiger partial charge < -0.3 is 0 Å². The topological polar surface area (TPSA) is 58.5 Å². The first-order valence-electron chi connectivity index (χ1n) is 11.1. The van der Waals surface area contributed by atoms with Crippen molar-refractivity contribution in [3.63, 3.8) is 0 Å². The molecule has 1 N–H and O–H groups in total. The number of benzene rings is 1. The highest BCUT2D eigenvalue weighted by Crippen LogP contribution is 2.53. The van der Waals surface area contributed by atoms with Crippen LogP contribution in [-0.4, -0.2) is 14.1 Å². The summed E-state index contributed by atoms with van der Waals surface area (Å²) >= 11 is 0. The van der Waals surface area contributed by atoms with E-state index in [1.807, 2.05) is 0 Å². The van der Waals surface area contributed by atoms with Crippen molar-refractivity contribution in [3.05, 3.63) is 28.8 Å². The minimum Gasteiger partial charge on any atom is -0.200 e. The Kier molecular flexibility index (Phi) is 5.94. The van der Waals surface area contributed by atoms with Crippen LogP contribution in [0.25, 0.3) is 0 Å². The summed E-state index contributed by atoms with van der Waals surface area (Å²) in [5.74, 6) is 1.72. The lowest BCUT2D eigenvalue weighted by Gasteiger charge is -2.32. The Morgan fingerprint density at radius 3 is 1.97 bits per heavy atom. The monoisotopic (exact) mass is 418 g/mol. The maximum absolute atomic E-state index is 13.4. The second-order valence-electron chi connectivity index (χ2n) is 10.8. The Hall–Kier alpha value is -1.36. The Balaban J connectivity index is 1.97. The molecule has 0 aromatic heterocycles. The largest absolute Gasteiger partial charge is 0.277 e. The summed E-state index contributed by atoms with van der Waals surface area (Å²) in [6.45, 7) is 17.1. The number of rotatable bonds is 6. The number of hydrazone groups is 1. The molecule has 4 nitrogen and oxygen atoms in total. The van der Waals surface area contributed by atoms with Crippen LogP contribution in [0.4, 0.5) is 0 Å². The zero-order chi connectivity index (χ0) is 21.7. The van der Waals surface area contributed by atoms with Crippen molar-refractivity contribution in [2.24, 2.45) is 22.4 Å². The molecule has 5 heteroatoms. The maximum atomic E-state index is 13.4. The second-order valence-corrected chi connectivity index (χ2v) is 12.4. The van der Waals surface area contributed by atoms with Gasteiger partial charge in [0.15, 0.2) is 0 Å². The predicted molar refractivity (Wildman–Crippen MR) is 121 cm³/mol. The van der Waals surface area contributed by atoms with Crippen LogP contribution in [0.2, 0.25) is 0 Å². The highest BCUT2D eigenvalue weighted by molar-refractivity contribution is 7.89. The number of hydrogen-bond donors (Lipinski definition) is 1. The summed E-state index contributed by atoms with van der Waals surface area (Å²) in [6.07, 6.45) is 3.25. The van der Waals surface area contributed by atoms with Gasteiger partial charge in [0.05, 0.1) is 4.90 Å². The molecule has 0 bridgehead atoms. The molecule has 2 fully saturated rings. The van der Waals surface area contributed by atoms with E-state index in [0.717, 1.165) is 29.7 Å². The summed E-state index contributed by atoms with van der Waals surface area (Å²) in [4.78, 5) is 3.05. The molecule has 2 aliphatic carbocycles. The molecule has 2 aliphatic rings. The summed E-state index contributed by atoms with van der Waals surface area (Å²) in [5.41, 5.74) is 4.34. The van der Waals surface area contributed by atoms with E-state index in [1.165, 1.54) is 12.0 Å². The molecule has 2 saturated carbocycles. The quantitative estimate of drug-likeness (QED) is 0.563. The second kappa shape index (κ2) is 7.72. The maximum Gasteiger partial charge on any atom is 0.277 e. The molecular formula is C24H38N2O2S. The van der Waals surface area contributed by atoms with Crippen LogP contribution in [0.1, 0.15) is 109 Å². The lowest BCUT2D eigenvalue weighted by atomic mass is 9.74. The Morgan fingerprint density at radius 2 is 1.52 bits per heavy atom. The van der Waals surface area contributed by atoms with E-state index in [9.17, 15) is 8.42 Å². The fourth-order valence-corrected chi connectivity index (χ4v) is 6.59. The van der Waals surface area contributed by atoms with E-state index >= 15 is 0 Å². The minimum atomic E-state index is -3.72. The van der Waals surface area contributed by atoms with Crippen LogP contribution in [0.5, 0.6) is 0 Å². The van der Waals surface area contributed by atoms with Crippen LogP contribution in [0.15, 0.2) is 22.1 Å². The standard InChI is InChI=1S/C24H38N2O2S/c1-14(2)17-9-19(15(3)4)23(20(10-17)16(5)6)29(27,28)26-25-22-11-18-12-24(7,8)13-21(18)22/h9-10,14-16,18,21,26H,11-13H2,1-8H3/b25-22+/t18-,21+/m1/s1. The molecule has 0 saturated heterocycles. The Labute approximate surface area is 177 Å². The van der Waals surface area contributed by atoms with E-state index in [2.05, 4.69) is 77.5 Å². The number of nitrogens with one attached hydrogen (secondary N) is 1. The van der Waals surface area contributed by atoms with Gasteiger partial charge in [-0.3, -0.25) is 0 Å². The van der Waals surface area contributed by atoms with Crippen molar-refractivity contribution in [2.45, 2.75) is 97.3 Å². The van der Waals surface area contributed by atoms with Gasteiger partial charge in [-0.1, -0.05) is 67.5 Å². The lowest BCUT2D eigenvalue weighted by molar-refractivity contribution is 0.363. The van der Waals surface area contributed by atoms with Crippen LogP contribution < -0.4 is 4.83 Å². The van der Waals surface area contributed by atoms with E-state index in [0.29, 0.717) is 28.1 Å². The highest BCUT2D eigenvalue weighted by atomic mass is 32.2. The van der Waals surface area contributed by atoms with Gasteiger partial charge in [-0.05, 0) is 65.0 Å². The highest BCUT2D eigenvalue weighted by Gasteiger charge is 2.48. The van der Waals surface area contributed by atoms with Gasteiger partial charge in [0, 0.05) is 11.6 Å². The zero-order valence-electron chi connectivity index (χ0n) is 19.3. The van der Waals surface area contributed by atoms with Crippen LogP contribution in [0, 0.1) is 17.3 Å². The fourth-order valence-electron chi connectivity index (χ4n) is 5.05. The number of fused-ring (bicyclic) bond motifs is 1.